The first-order chi connectivity index (χ1) is 15.5. The summed E-state index contributed by atoms with van der Waals surface area (Å²) in [6.45, 7) is 2.16. The molecule has 0 aliphatic heterocycles. The van der Waals surface area contributed by atoms with Crippen LogP contribution in [0.1, 0.15) is 64.8 Å². The number of aryl methyl sites for hydroxylation is 2. The molecule has 2 amide bonds. The van der Waals surface area contributed by atoms with Gasteiger partial charge in [0.25, 0.3) is 5.91 Å². The largest absolute Gasteiger partial charge is 0.351 e. The van der Waals surface area contributed by atoms with Crippen molar-refractivity contribution in [1.82, 2.24) is 30.0 Å². The first kappa shape index (κ1) is 22.1. The van der Waals surface area contributed by atoms with E-state index < -0.39 is 6.04 Å². The Morgan fingerprint density at radius 3 is 2.72 bits per heavy atom. The zero-order valence-electron chi connectivity index (χ0n) is 18.4. The average molecular weight is 453 g/mol. The summed E-state index contributed by atoms with van der Waals surface area (Å²) in [6.07, 6.45) is 11.6. The van der Waals surface area contributed by atoms with Crippen LogP contribution in [-0.2, 0) is 18.4 Å². The predicted octanol–water partition coefficient (Wildman–Crippen LogP) is 3.41. The van der Waals surface area contributed by atoms with Gasteiger partial charge in [-0.25, -0.2) is 4.98 Å². The van der Waals surface area contributed by atoms with Gasteiger partial charge in [-0.15, -0.1) is 11.3 Å². The van der Waals surface area contributed by atoms with Gasteiger partial charge in [0.1, 0.15) is 11.7 Å². The van der Waals surface area contributed by atoms with E-state index in [4.69, 9.17) is 0 Å². The lowest BCUT2D eigenvalue weighted by Gasteiger charge is -2.32. The van der Waals surface area contributed by atoms with Crippen LogP contribution in [-0.4, -0.2) is 42.5 Å². The topological polar surface area (TPSA) is 93.0 Å². The molecule has 0 saturated heterocycles. The molecule has 4 rings (SSSR count). The van der Waals surface area contributed by atoms with Crippen LogP contribution in [0.25, 0.3) is 0 Å². The smallest absolute Gasteiger partial charge is 0.275 e. The third kappa shape index (κ3) is 5.04. The number of amides is 2. The van der Waals surface area contributed by atoms with E-state index in [-0.39, 0.29) is 23.6 Å². The van der Waals surface area contributed by atoms with E-state index in [0.29, 0.717) is 6.54 Å². The van der Waals surface area contributed by atoms with Gasteiger partial charge in [-0.2, -0.15) is 5.10 Å². The van der Waals surface area contributed by atoms with Gasteiger partial charge < -0.3 is 10.2 Å². The Kier molecular flexibility index (Phi) is 6.94. The molecule has 1 saturated carbocycles. The Morgan fingerprint density at radius 1 is 1.28 bits per heavy atom. The molecule has 1 aliphatic carbocycles. The Balaban J connectivity index is 1.73. The van der Waals surface area contributed by atoms with Crippen LogP contribution >= 0.6 is 11.3 Å². The number of nitrogens with zero attached hydrogens (tertiary/aromatic N) is 5. The van der Waals surface area contributed by atoms with E-state index in [1.54, 1.807) is 20.9 Å². The van der Waals surface area contributed by atoms with Crippen LogP contribution in [0.4, 0.5) is 0 Å². The number of aromatic nitrogens is 4. The molecule has 1 fully saturated rings. The van der Waals surface area contributed by atoms with E-state index in [1.165, 1.54) is 25.0 Å². The van der Waals surface area contributed by atoms with E-state index in [2.05, 4.69) is 20.4 Å². The molecule has 8 nitrogen and oxygen atoms in total. The molecule has 32 heavy (non-hydrogen) atoms. The van der Waals surface area contributed by atoms with E-state index >= 15 is 0 Å². The second-order valence-corrected chi connectivity index (χ2v) is 9.22. The summed E-state index contributed by atoms with van der Waals surface area (Å²) in [6, 6.07) is 3.22. The molecule has 1 aliphatic rings. The van der Waals surface area contributed by atoms with Crippen molar-refractivity contribution in [1.29, 1.82) is 0 Å². The second-order valence-electron chi connectivity index (χ2n) is 8.19. The summed E-state index contributed by atoms with van der Waals surface area (Å²) in [5.74, 6) is -0.514. The molecule has 9 heteroatoms. The fraction of sp³-hybridized carbons (Fsp3) is 0.435. The van der Waals surface area contributed by atoms with Crippen LogP contribution in [0.3, 0.4) is 0 Å². The summed E-state index contributed by atoms with van der Waals surface area (Å²) in [5.41, 5.74) is 1.65. The van der Waals surface area contributed by atoms with Crippen molar-refractivity contribution in [2.75, 3.05) is 0 Å². The maximum atomic E-state index is 13.7. The standard InChI is InChI=1S/C23H28N6O2S/c1-16-19(15-28(2)27-16)21(22(30)26-17-7-4-3-5-8-17)29(14-18-9-6-12-32-18)23(31)20-13-24-10-11-25-20/h6,9-13,15,17,21H,3-5,7-8,14H2,1-2H3,(H,26,30). The molecule has 1 atom stereocenters. The number of carbonyl (C=O) groups excluding carboxylic acids is 2. The number of hydrogen-bond donors (Lipinski definition) is 1. The maximum absolute atomic E-state index is 13.7. The highest BCUT2D eigenvalue weighted by molar-refractivity contribution is 7.09. The van der Waals surface area contributed by atoms with Crippen LogP contribution < -0.4 is 5.32 Å². The molecule has 0 radical (unpaired) electrons. The molecular weight excluding hydrogens is 424 g/mol. The third-order valence-corrected chi connectivity index (χ3v) is 6.67. The quantitative estimate of drug-likeness (QED) is 0.593. The molecule has 1 unspecified atom stereocenters. The molecular formula is C23H28N6O2S. The van der Waals surface area contributed by atoms with Crippen LogP contribution in [0.5, 0.6) is 0 Å². The van der Waals surface area contributed by atoms with E-state index in [0.717, 1.165) is 41.8 Å². The van der Waals surface area contributed by atoms with Crippen molar-refractivity contribution in [3.8, 4) is 0 Å². The zero-order chi connectivity index (χ0) is 22.5. The highest BCUT2D eigenvalue weighted by atomic mass is 32.1. The summed E-state index contributed by atoms with van der Waals surface area (Å²) in [4.78, 5) is 38.2. The predicted molar refractivity (Wildman–Crippen MR) is 122 cm³/mol. The molecule has 3 aromatic heterocycles. The summed E-state index contributed by atoms with van der Waals surface area (Å²) in [5, 5.41) is 9.63. The molecule has 1 N–H and O–H groups in total. The van der Waals surface area contributed by atoms with Gasteiger partial charge in [-0.05, 0) is 31.2 Å². The van der Waals surface area contributed by atoms with Crippen molar-refractivity contribution in [3.05, 3.63) is 64.1 Å². The lowest BCUT2D eigenvalue weighted by molar-refractivity contribution is -0.127. The summed E-state index contributed by atoms with van der Waals surface area (Å²) in [7, 11) is 1.82. The molecule has 3 aromatic rings. The lowest BCUT2D eigenvalue weighted by atomic mass is 9.94. The first-order valence-corrected chi connectivity index (χ1v) is 11.8. The Hall–Kier alpha value is -3.07. The molecule has 168 valence electrons. The van der Waals surface area contributed by atoms with Crippen LogP contribution in [0, 0.1) is 6.92 Å². The van der Waals surface area contributed by atoms with Crippen LogP contribution in [0.2, 0.25) is 0 Å². The summed E-state index contributed by atoms with van der Waals surface area (Å²) >= 11 is 1.55. The normalized spacial score (nSPS) is 15.3. The second kappa shape index (κ2) is 10.0. The molecule has 0 bridgehead atoms. The zero-order valence-corrected chi connectivity index (χ0v) is 19.2. The molecule has 0 aromatic carbocycles. The minimum Gasteiger partial charge on any atom is -0.351 e. The minimum absolute atomic E-state index is 0.130. The van der Waals surface area contributed by atoms with Gasteiger partial charge in [0.2, 0.25) is 5.91 Å². The van der Waals surface area contributed by atoms with E-state index in [1.807, 2.05) is 37.7 Å². The highest BCUT2D eigenvalue weighted by Crippen LogP contribution is 2.29. The van der Waals surface area contributed by atoms with Gasteiger partial charge in [-0.3, -0.25) is 19.3 Å². The fourth-order valence-corrected chi connectivity index (χ4v) is 4.97. The molecule has 0 spiro atoms. The van der Waals surface area contributed by atoms with Gasteiger partial charge in [-0.1, -0.05) is 25.3 Å². The monoisotopic (exact) mass is 452 g/mol. The van der Waals surface area contributed by atoms with Gasteiger partial charge in [0.05, 0.1) is 18.4 Å². The number of carbonyl (C=O) groups is 2. The average Bonchev–Trinajstić information content (AvgIpc) is 3.43. The van der Waals surface area contributed by atoms with Crippen molar-refractivity contribution in [2.24, 2.45) is 7.05 Å². The number of nitrogens with one attached hydrogen (secondary N) is 1. The third-order valence-electron chi connectivity index (χ3n) is 5.81. The first-order valence-electron chi connectivity index (χ1n) is 10.9. The Morgan fingerprint density at radius 2 is 2.09 bits per heavy atom. The van der Waals surface area contributed by atoms with Crippen molar-refractivity contribution < 1.29 is 9.59 Å². The van der Waals surface area contributed by atoms with Gasteiger partial charge >= 0.3 is 0 Å². The highest BCUT2D eigenvalue weighted by Gasteiger charge is 2.36. The number of hydrogen-bond acceptors (Lipinski definition) is 6. The van der Waals surface area contributed by atoms with E-state index in [9.17, 15) is 9.59 Å². The SMILES string of the molecule is Cc1nn(C)cc1C(C(=O)NC1CCCCC1)N(Cc1cccs1)C(=O)c1cnccn1. The van der Waals surface area contributed by atoms with Crippen LogP contribution in [0.15, 0.2) is 42.3 Å². The fourth-order valence-electron chi connectivity index (χ4n) is 4.27. The maximum Gasteiger partial charge on any atom is 0.275 e. The van der Waals surface area contributed by atoms with Crippen molar-refractivity contribution in [2.45, 2.75) is 57.7 Å². The Bertz CT molecular complexity index is 1040. The number of thiophene rings is 1. The molecule has 3 heterocycles. The Labute approximate surface area is 191 Å². The van der Waals surface area contributed by atoms with Crippen molar-refractivity contribution >= 4 is 23.2 Å². The van der Waals surface area contributed by atoms with Crippen molar-refractivity contribution in [3.63, 3.8) is 0 Å². The lowest BCUT2D eigenvalue weighted by Crippen LogP contribution is -2.47. The van der Waals surface area contributed by atoms with Gasteiger partial charge in [0, 0.05) is 42.1 Å². The van der Waals surface area contributed by atoms with Gasteiger partial charge in [0.15, 0.2) is 0 Å². The summed E-state index contributed by atoms with van der Waals surface area (Å²) < 4.78 is 1.68. The minimum atomic E-state index is -0.817. The number of rotatable bonds is 7.